The van der Waals surface area contributed by atoms with Gasteiger partial charge in [0.1, 0.15) is 42.9 Å². The minimum absolute atomic E-state index is 0.192. The molecule has 33 heavy (non-hydrogen) atoms. The summed E-state index contributed by atoms with van der Waals surface area (Å²) in [5.41, 5.74) is 0.970. The van der Waals surface area contributed by atoms with Gasteiger partial charge >= 0.3 is 0 Å². The molecule has 1 aliphatic carbocycles. The van der Waals surface area contributed by atoms with Crippen molar-refractivity contribution < 1.29 is 39.4 Å². The maximum atomic E-state index is 13.1. The fourth-order valence-corrected chi connectivity index (χ4v) is 3.94. The molecule has 5 atom stereocenters. The molecule has 0 radical (unpaired) electrons. The molecule has 1 saturated carbocycles. The summed E-state index contributed by atoms with van der Waals surface area (Å²) in [4.78, 5) is 13.1. The largest absolute Gasteiger partial charge is 0.491 e. The second-order valence-corrected chi connectivity index (χ2v) is 8.67. The lowest BCUT2D eigenvalue weighted by Crippen LogP contribution is -2.55. The zero-order chi connectivity index (χ0) is 23.5. The van der Waals surface area contributed by atoms with Gasteiger partial charge in [0.05, 0.1) is 24.3 Å². The van der Waals surface area contributed by atoms with E-state index in [0.29, 0.717) is 36.2 Å². The van der Waals surface area contributed by atoms with E-state index in [4.69, 9.17) is 25.8 Å². The highest BCUT2D eigenvalue weighted by atomic mass is 35.5. The summed E-state index contributed by atoms with van der Waals surface area (Å²) < 4.78 is 16.8. The monoisotopic (exact) mass is 478 g/mol. The Labute approximate surface area is 196 Å². The van der Waals surface area contributed by atoms with Crippen molar-refractivity contribution in [1.82, 2.24) is 0 Å². The Balaban J connectivity index is 1.47. The zero-order valence-electron chi connectivity index (χ0n) is 17.8. The number of aliphatic hydroxyl groups excluding tert-OH is 4. The van der Waals surface area contributed by atoms with Crippen LogP contribution in [0.4, 0.5) is 0 Å². The fraction of sp³-hybridized carbons (Fsp3) is 0.458. The van der Waals surface area contributed by atoms with Crippen molar-refractivity contribution in [1.29, 1.82) is 0 Å². The SMILES string of the molecule is O=C(c1ccc(OCCOC2CC2)cc1)c1cc([C@@H]2O[C@H](CO)[C@@H](O)[C@H](O)[C@H]2O)ccc1Cl. The predicted octanol–water partition coefficient (Wildman–Crippen LogP) is 1.64. The third kappa shape index (κ3) is 5.55. The zero-order valence-corrected chi connectivity index (χ0v) is 18.6. The molecule has 2 aromatic carbocycles. The van der Waals surface area contributed by atoms with Gasteiger partial charge in [-0.15, -0.1) is 0 Å². The summed E-state index contributed by atoms with van der Waals surface area (Å²) in [6.45, 7) is 0.407. The van der Waals surface area contributed by atoms with E-state index in [1.807, 2.05) is 0 Å². The molecule has 8 nitrogen and oxygen atoms in total. The van der Waals surface area contributed by atoms with Crippen molar-refractivity contribution in [3.8, 4) is 5.75 Å². The molecule has 2 fully saturated rings. The second kappa shape index (κ2) is 10.5. The van der Waals surface area contributed by atoms with Crippen LogP contribution in [0.3, 0.4) is 0 Å². The molecular weight excluding hydrogens is 452 g/mol. The molecule has 0 amide bonds. The van der Waals surface area contributed by atoms with Gasteiger partial charge in [0, 0.05) is 11.1 Å². The first-order chi connectivity index (χ1) is 15.9. The minimum atomic E-state index is -1.52. The topological polar surface area (TPSA) is 126 Å². The summed E-state index contributed by atoms with van der Waals surface area (Å²) in [5.74, 6) is 0.280. The average molecular weight is 479 g/mol. The number of halogens is 1. The number of ketones is 1. The van der Waals surface area contributed by atoms with Crippen molar-refractivity contribution >= 4 is 17.4 Å². The third-order valence-corrected chi connectivity index (χ3v) is 6.13. The first kappa shape index (κ1) is 24.1. The van der Waals surface area contributed by atoms with Crippen LogP contribution in [0, 0.1) is 0 Å². The van der Waals surface area contributed by atoms with Crippen molar-refractivity contribution in [2.45, 2.75) is 49.5 Å². The van der Waals surface area contributed by atoms with E-state index in [1.165, 1.54) is 12.1 Å². The maximum Gasteiger partial charge on any atom is 0.194 e. The molecule has 0 spiro atoms. The molecule has 0 aromatic heterocycles. The Bertz CT molecular complexity index is 959. The Morgan fingerprint density at radius 2 is 1.73 bits per heavy atom. The summed E-state index contributed by atoms with van der Waals surface area (Å²) >= 11 is 6.28. The van der Waals surface area contributed by atoms with Gasteiger partial charge in [-0.1, -0.05) is 17.7 Å². The Hall–Kier alpha value is -2.04. The molecule has 1 heterocycles. The van der Waals surface area contributed by atoms with Crippen molar-refractivity contribution in [3.05, 3.63) is 64.2 Å². The van der Waals surface area contributed by atoms with Gasteiger partial charge in [-0.05, 0) is 54.8 Å². The quantitative estimate of drug-likeness (QED) is 0.316. The second-order valence-electron chi connectivity index (χ2n) is 8.26. The minimum Gasteiger partial charge on any atom is -0.491 e. The third-order valence-electron chi connectivity index (χ3n) is 5.80. The van der Waals surface area contributed by atoms with E-state index in [9.17, 15) is 25.2 Å². The Morgan fingerprint density at radius 1 is 1.00 bits per heavy atom. The van der Waals surface area contributed by atoms with Crippen molar-refractivity contribution in [2.75, 3.05) is 19.8 Å². The lowest BCUT2D eigenvalue weighted by atomic mass is 9.90. The van der Waals surface area contributed by atoms with Gasteiger partial charge in [0.2, 0.25) is 0 Å². The molecule has 9 heteroatoms. The average Bonchev–Trinajstić information content (AvgIpc) is 3.66. The molecule has 1 aliphatic heterocycles. The number of rotatable bonds is 9. The van der Waals surface area contributed by atoms with Gasteiger partial charge < -0.3 is 34.6 Å². The summed E-state index contributed by atoms with van der Waals surface area (Å²) in [6.07, 6.45) is -3.95. The molecule has 0 unspecified atom stereocenters. The van der Waals surface area contributed by atoms with E-state index in [1.54, 1.807) is 30.3 Å². The van der Waals surface area contributed by atoms with E-state index >= 15 is 0 Å². The smallest absolute Gasteiger partial charge is 0.194 e. The number of carbonyl (C=O) groups is 1. The van der Waals surface area contributed by atoms with Crippen LogP contribution < -0.4 is 4.74 Å². The molecule has 4 rings (SSSR count). The van der Waals surface area contributed by atoms with E-state index in [2.05, 4.69) is 0 Å². The van der Waals surface area contributed by atoms with Crippen LogP contribution in [0.5, 0.6) is 5.75 Å². The number of hydrogen-bond donors (Lipinski definition) is 4. The first-order valence-electron chi connectivity index (χ1n) is 10.9. The van der Waals surface area contributed by atoms with Crippen LogP contribution in [0.2, 0.25) is 5.02 Å². The lowest BCUT2D eigenvalue weighted by molar-refractivity contribution is -0.231. The summed E-state index contributed by atoms with van der Waals surface area (Å²) in [7, 11) is 0. The lowest BCUT2D eigenvalue weighted by Gasteiger charge is -2.40. The molecule has 0 bridgehead atoms. The van der Waals surface area contributed by atoms with E-state index < -0.39 is 37.1 Å². The maximum absolute atomic E-state index is 13.1. The van der Waals surface area contributed by atoms with Gasteiger partial charge in [0.15, 0.2) is 5.78 Å². The highest BCUT2D eigenvalue weighted by Crippen LogP contribution is 2.34. The number of benzene rings is 2. The van der Waals surface area contributed by atoms with Crippen LogP contribution in [0.25, 0.3) is 0 Å². The van der Waals surface area contributed by atoms with E-state index in [-0.39, 0.29) is 16.4 Å². The van der Waals surface area contributed by atoms with Crippen LogP contribution in [0.15, 0.2) is 42.5 Å². The van der Waals surface area contributed by atoms with Gasteiger partial charge in [-0.2, -0.15) is 0 Å². The van der Waals surface area contributed by atoms with E-state index in [0.717, 1.165) is 12.8 Å². The molecule has 1 saturated heterocycles. The van der Waals surface area contributed by atoms with Crippen LogP contribution in [-0.4, -0.2) is 76.5 Å². The molecule has 4 N–H and O–H groups in total. The predicted molar refractivity (Wildman–Crippen MR) is 119 cm³/mol. The number of ether oxygens (including phenoxy) is 3. The van der Waals surface area contributed by atoms with Crippen molar-refractivity contribution in [3.63, 3.8) is 0 Å². The summed E-state index contributed by atoms with van der Waals surface area (Å²) in [6, 6.07) is 11.2. The number of aliphatic hydroxyl groups is 4. The normalized spacial score (nSPS) is 27.4. The van der Waals surface area contributed by atoms with Crippen LogP contribution in [-0.2, 0) is 9.47 Å². The number of carbonyl (C=O) groups excluding carboxylic acids is 1. The van der Waals surface area contributed by atoms with Gasteiger partial charge in [-0.25, -0.2) is 0 Å². The van der Waals surface area contributed by atoms with Crippen LogP contribution in [0.1, 0.15) is 40.4 Å². The standard InChI is InChI=1S/C24H27ClO8/c25-18-8-3-14(24-23(30)22(29)21(28)19(12-26)33-24)11-17(18)20(27)13-1-4-15(5-2-13)31-9-10-32-16-6-7-16/h1-5,8,11,16,19,21-24,26,28-30H,6-7,9-10,12H2/t19-,21-,22+,23-,24+/m1/s1. The Kier molecular flexibility index (Phi) is 7.65. The summed E-state index contributed by atoms with van der Waals surface area (Å²) in [5, 5.41) is 40.1. The Morgan fingerprint density at radius 3 is 2.39 bits per heavy atom. The van der Waals surface area contributed by atoms with Gasteiger partial charge in [0.25, 0.3) is 0 Å². The molecule has 178 valence electrons. The van der Waals surface area contributed by atoms with Crippen LogP contribution >= 0.6 is 11.6 Å². The molecule has 2 aromatic rings. The van der Waals surface area contributed by atoms with Crippen molar-refractivity contribution in [2.24, 2.45) is 0 Å². The highest BCUT2D eigenvalue weighted by Gasteiger charge is 2.44. The highest BCUT2D eigenvalue weighted by molar-refractivity contribution is 6.35. The molecule has 2 aliphatic rings. The number of hydrogen-bond acceptors (Lipinski definition) is 8. The fourth-order valence-electron chi connectivity index (χ4n) is 3.74. The molecular formula is C24H27ClO8. The first-order valence-corrected chi connectivity index (χ1v) is 11.3. The van der Waals surface area contributed by atoms with Gasteiger partial charge in [-0.3, -0.25) is 4.79 Å².